The molecule has 2 nitrogen and oxygen atoms in total. The van der Waals surface area contributed by atoms with Crippen LogP contribution >= 0.6 is 0 Å². The molecule has 0 radical (unpaired) electrons. The highest BCUT2D eigenvalue weighted by molar-refractivity contribution is 5.41. The molecular weight excluding hydrogens is 342 g/mol. The van der Waals surface area contributed by atoms with Crippen LogP contribution in [0, 0.1) is 0 Å². The molecule has 0 saturated heterocycles. The van der Waals surface area contributed by atoms with Crippen LogP contribution in [0.15, 0.2) is 72.3 Å². The topological polar surface area (TPSA) is 21.3 Å². The van der Waals surface area contributed by atoms with Gasteiger partial charge in [-0.05, 0) is 63.6 Å². The second-order valence-corrected chi connectivity index (χ2v) is 8.16. The van der Waals surface area contributed by atoms with E-state index in [1.165, 1.54) is 43.2 Å². The highest BCUT2D eigenvalue weighted by Gasteiger charge is 2.50. The maximum absolute atomic E-state index is 6.43. The van der Waals surface area contributed by atoms with E-state index in [0.717, 1.165) is 12.8 Å². The number of benzene rings is 2. The fourth-order valence-corrected chi connectivity index (χ4v) is 4.86. The summed E-state index contributed by atoms with van der Waals surface area (Å²) in [6.45, 7) is 2.30. The molecule has 0 bridgehead atoms. The summed E-state index contributed by atoms with van der Waals surface area (Å²) in [5.74, 6) is 0. The average molecular weight is 378 g/mol. The summed E-state index contributed by atoms with van der Waals surface area (Å²) in [7, 11) is 3.91. The molecule has 1 saturated carbocycles. The van der Waals surface area contributed by atoms with Crippen LogP contribution < -0.4 is 5.32 Å². The van der Waals surface area contributed by atoms with Gasteiger partial charge in [0.2, 0.25) is 0 Å². The van der Waals surface area contributed by atoms with Crippen molar-refractivity contribution in [2.24, 2.45) is 0 Å². The molecule has 1 fully saturated rings. The molecule has 3 rings (SSSR count). The monoisotopic (exact) mass is 377 g/mol. The van der Waals surface area contributed by atoms with E-state index in [9.17, 15) is 0 Å². The van der Waals surface area contributed by atoms with Crippen molar-refractivity contribution in [2.75, 3.05) is 14.2 Å². The number of ether oxygens (including phenoxy) is 1. The van der Waals surface area contributed by atoms with Gasteiger partial charge in [0, 0.05) is 7.11 Å². The fraction of sp³-hybridized carbons (Fsp3) is 0.462. The zero-order valence-corrected chi connectivity index (χ0v) is 17.7. The molecule has 0 aliphatic heterocycles. The van der Waals surface area contributed by atoms with Gasteiger partial charge in [-0.2, -0.15) is 0 Å². The van der Waals surface area contributed by atoms with Crippen LogP contribution in [0.3, 0.4) is 0 Å². The third-order valence-corrected chi connectivity index (χ3v) is 6.57. The summed E-state index contributed by atoms with van der Waals surface area (Å²) < 4.78 is 6.43. The third-order valence-electron chi connectivity index (χ3n) is 6.57. The first-order valence-electron chi connectivity index (χ1n) is 10.7. The van der Waals surface area contributed by atoms with Gasteiger partial charge < -0.3 is 10.1 Å². The smallest absolute Gasteiger partial charge is 0.135 e. The fourth-order valence-electron chi connectivity index (χ4n) is 4.86. The van der Waals surface area contributed by atoms with E-state index in [4.69, 9.17) is 4.74 Å². The molecule has 0 heterocycles. The Balaban J connectivity index is 1.99. The van der Waals surface area contributed by atoms with Crippen molar-refractivity contribution in [3.05, 3.63) is 83.4 Å². The minimum absolute atomic E-state index is 0.254. The maximum atomic E-state index is 6.43. The van der Waals surface area contributed by atoms with Crippen molar-refractivity contribution in [1.82, 2.24) is 5.32 Å². The van der Waals surface area contributed by atoms with Crippen LogP contribution in [0.2, 0.25) is 0 Å². The van der Waals surface area contributed by atoms with Crippen molar-refractivity contribution in [3.63, 3.8) is 0 Å². The molecule has 1 aliphatic rings. The highest BCUT2D eigenvalue weighted by atomic mass is 16.5. The van der Waals surface area contributed by atoms with E-state index in [2.05, 4.69) is 86.0 Å². The van der Waals surface area contributed by atoms with Crippen molar-refractivity contribution in [2.45, 2.75) is 63.0 Å². The minimum atomic E-state index is -0.560. The summed E-state index contributed by atoms with van der Waals surface area (Å²) in [4.78, 5) is 0. The summed E-state index contributed by atoms with van der Waals surface area (Å²) in [5, 5.41) is 3.65. The van der Waals surface area contributed by atoms with E-state index in [-0.39, 0.29) is 5.54 Å². The van der Waals surface area contributed by atoms with Gasteiger partial charge in [-0.15, -0.1) is 0 Å². The van der Waals surface area contributed by atoms with Crippen molar-refractivity contribution < 1.29 is 4.74 Å². The van der Waals surface area contributed by atoms with Crippen LogP contribution in [-0.4, -0.2) is 19.7 Å². The van der Waals surface area contributed by atoms with Gasteiger partial charge >= 0.3 is 0 Å². The maximum Gasteiger partial charge on any atom is 0.135 e. The van der Waals surface area contributed by atoms with Crippen molar-refractivity contribution in [3.8, 4) is 0 Å². The first kappa shape index (κ1) is 20.8. The Labute approximate surface area is 171 Å². The molecule has 150 valence electrons. The van der Waals surface area contributed by atoms with Crippen LogP contribution in [0.4, 0.5) is 0 Å². The van der Waals surface area contributed by atoms with Gasteiger partial charge in [0.25, 0.3) is 0 Å². The molecular formula is C26H35NO. The first-order valence-corrected chi connectivity index (χ1v) is 10.7. The summed E-state index contributed by atoms with van der Waals surface area (Å²) in [6.07, 6.45) is 11.2. The van der Waals surface area contributed by atoms with E-state index in [0.29, 0.717) is 0 Å². The Hall–Kier alpha value is -1.90. The number of methoxy groups -OCH3 is 1. The number of rotatable bonds is 8. The predicted octanol–water partition coefficient (Wildman–Crippen LogP) is 6.23. The number of hydrogen-bond acceptors (Lipinski definition) is 2. The molecule has 2 aromatic rings. The SMILES string of the molecule is CNC(C)(CCC=C1CCCCC1)C(OC)(c1ccccc1)c1ccccc1. The molecule has 0 spiro atoms. The lowest BCUT2D eigenvalue weighted by Gasteiger charge is -2.48. The van der Waals surface area contributed by atoms with Crippen molar-refractivity contribution in [1.29, 1.82) is 0 Å². The molecule has 1 unspecified atom stereocenters. The van der Waals surface area contributed by atoms with E-state index in [1.807, 2.05) is 7.11 Å². The Morgan fingerprint density at radius 3 is 1.89 bits per heavy atom. The Kier molecular flexibility index (Phi) is 7.09. The number of allylic oxidation sites excluding steroid dienone is 2. The quantitative estimate of drug-likeness (QED) is 0.551. The molecule has 0 aromatic heterocycles. The van der Waals surface area contributed by atoms with Crippen LogP contribution in [0.25, 0.3) is 0 Å². The molecule has 0 amide bonds. The predicted molar refractivity (Wildman–Crippen MR) is 119 cm³/mol. The summed E-state index contributed by atoms with van der Waals surface area (Å²) >= 11 is 0. The van der Waals surface area contributed by atoms with E-state index >= 15 is 0 Å². The summed E-state index contributed by atoms with van der Waals surface area (Å²) in [5.41, 5.74) is 3.20. The molecule has 2 aromatic carbocycles. The van der Waals surface area contributed by atoms with Crippen LogP contribution in [-0.2, 0) is 10.3 Å². The second kappa shape index (κ2) is 9.54. The van der Waals surface area contributed by atoms with Gasteiger partial charge in [0.1, 0.15) is 5.60 Å². The van der Waals surface area contributed by atoms with E-state index < -0.39 is 5.60 Å². The molecule has 28 heavy (non-hydrogen) atoms. The van der Waals surface area contributed by atoms with Gasteiger partial charge in [-0.25, -0.2) is 0 Å². The van der Waals surface area contributed by atoms with Gasteiger partial charge in [-0.3, -0.25) is 0 Å². The molecule has 2 heteroatoms. The lowest BCUT2D eigenvalue weighted by molar-refractivity contribution is -0.0541. The Morgan fingerprint density at radius 2 is 1.43 bits per heavy atom. The first-order chi connectivity index (χ1) is 13.7. The number of nitrogens with one attached hydrogen (secondary N) is 1. The van der Waals surface area contributed by atoms with Crippen molar-refractivity contribution >= 4 is 0 Å². The van der Waals surface area contributed by atoms with E-state index in [1.54, 1.807) is 5.57 Å². The lowest BCUT2D eigenvalue weighted by Crippen LogP contribution is -2.59. The summed E-state index contributed by atoms with van der Waals surface area (Å²) in [6, 6.07) is 21.3. The second-order valence-electron chi connectivity index (χ2n) is 8.16. The highest BCUT2D eigenvalue weighted by Crippen LogP contribution is 2.45. The Bertz CT molecular complexity index is 705. The minimum Gasteiger partial charge on any atom is -0.367 e. The van der Waals surface area contributed by atoms with Crippen LogP contribution in [0.5, 0.6) is 0 Å². The largest absolute Gasteiger partial charge is 0.367 e. The number of hydrogen-bond donors (Lipinski definition) is 1. The normalized spacial score (nSPS) is 17.2. The van der Waals surface area contributed by atoms with Crippen LogP contribution in [0.1, 0.15) is 63.0 Å². The molecule has 1 aliphatic carbocycles. The zero-order chi connectivity index (χ0) is 19.9. The number of likely N-dealkylation sites (N-methyl/N-ethyl adjacent to an activating group) is 1. The standard InChI is InChI=1S/C26H35NO/c1-25(27-2,21-13-16-22-14-7-4-8-15-22)26(28-3,23-17-9-5-10-18-23)24-19-11-6-12-20-24/h5-6,9-12,16-20,27H,4,7-8,13-15,21H2,1-3H3. The van der Waals surface area contributed by atoms with Gasteiger partial charge in [0.05, 0.1) is 5.54 Å². The molecule has 1 atom stereocenters. The lowest BCUT2D eigenvalue weighted by atomic mass is 9.69. The molecule has 1 N–H and O–H groups in total. The van der Waals surface area contributed by atoms with Gasteiger partial charge in [-0.1, -0.05) is 78.7 Å². The Morgan fingerprint density at radius 1 is 0.893 bits per heavy atom. The third kappa shape index (κ3) is 4.09. The van der Waals surface area contributed by atoms with Gasteiger partial charge in [0.15, 0.2) is 0 Å². The zero-order valence-electron chi connectivity index (χ0n) is 17.7. The average Bonchev–Trinajstić information content (AvgIpc) is 2.77.